The van der Waals surface area contributed by atoms with Gasteiger partial charge in [0, 0.05) is 24.4 Å². The Morgan fingerprint density at radius 3 is 2.47 bits per heavy atom. The number of aromatic nitrogens is 1. The van der Waals surface area contributed by atoms with Crippen LogP contribution in [-0.2, 0) is 11.3 Å². The fourth-order valence-corrected chi connectivity index (χ4v) is 2.63. The molecule has 0 fully saturated rings. The van der Waals surface area contributed by atoms with Gasteiger partial charge in [0.15, 0.2) is 0 Å². The number of ether oxygens (including phenoxy) is 1. The van der Waals surface area contributed by atoms with Crippen molar-refractivity contribution < 1.29 is 14.3 Å². The van der Waals surface area contributed by atoms with Gasteiger partial charge in [0.25, 0.3) is 5.91 Å². The molecule has 0 aliphatic heterocycles. The molecule has 3 rings (SSSR count). The minimum atomic E-state index is -0.285. The average Bonchev–Trinajstić information content (AvgIpc) is 2.78. The summed E-state index contributed by atoms with van der Waals surface area (Å²) >= 11 is 0. The van der Waals surface area contributed by atoms with E-state index in [1.807, 2.05) is 24.3 Å². The number of carbonyl (C=O) groups excluding carboxylic acids is 2. The topological polar surface area (TPSA) is 106 Å². The van der Waals surface area contributed by atoms with Crippen molar-refractivity contribution >= 4 is 29.4 Å². The Kier molecular flexibility index (Phi) is 6.78. The van der Waals surface area contributed by atoms with Gasteiger partial charge in [-0.05, 0) is 53.6 Å². The van der Waals surface area contributed by atoms with Crippen LogP contribution in [0.25, 0.3) is 6.08 Å². The van der Waals surface area contributed by atoms with Crippen molar-refractivity contribution in [3.05, 3.63) is 89.6 Å². The van der Waals surface area contributed by atoms with Gasteiger partial charge >= 0.3 is 0 Å². The molecule has 0 bridgehead atoms. The van der Waals surface area contributed by atoms with Crippen LogP contribution >= 0.6 is 0 Å². The van der Waals surface area contributed by atoms with Crippen LogP contribution in [0.15, 0.2) is 72.9 Å². The molecule has 1 heterocycles. The molecule has 0 spiro atoms. The van der Waals surface area contributed by atoms with E-state index in [1.54, 1.807) is 55.8 Å². The molecular weight excluding hydrogens is 380 g/mol. The molecule has 1 aromatic heterocycles. The van der Waals surface area contributed by atoms with Crippen LogP contribution in [0.5, 0.6) is 5.75 Å². The number of nitrogens with zero attached hydrogens (tertiary/aromatic N) is 1. The number of anilines is 2. The number of rotatable bonds is 7. The third-order valence-electron chi connectivity index (χ3n) is 4.31. The summed E-state index contributed by atoms with van der Waals surface area (Å²) in [4.78, 5) is 28.3. The van der Waals surface area contributed by atoms with Gasteiger partial charge in [-0.1, -0.05) is 24.3 Å². The maximum Gasteiger partial charge on any atom is 0.255 e. The zero-order valence-electron chi connectivity index (χ0n) is 16.5. The van der Waals surface area contributed by atoms with E-state index in [1.165, 1.54) is 6.08 Å². The van der Waals surface area contributed by atoms with Gasteiger partial charge in [0.05, 0.1) is 12.8 Å². The van der Waals surface area contributed by atoms with Gasteiger partial charge in [-0.25, -0.2) is 4.98 Å². The smallest absolute Gasteiger partial charge is 0.255 e. The van der Waals surface area contributed by atoms with Crippen LogP contribution < -0.4 is 21.1 Å². The number of carbonyl (C=O) groups is 2. The Hall–Kier alpha value is -4.13. The van der Waals surface area contributed by atoms with Crippen molar-refractivity contribution in [2.45, 2.75) is 6.54 Å². The lowest BCUT2D eigenvalue weighted by atomic mass is 10.1. The van der Waals surface area contributed by atoms with Crippen LogP contribution in [0.4, 0.5) is 11.5 Å². The lowest BCUT2D eigenvalue weighted by molar-refractivity contribution is -0.116. The maximum atomic E-state index is 12.3. The number of pyridine rings is 1. The van der Waals surface area contributed by atoms with Crippen molar-refractivity contribution in [3.8, 4) is 5.75 Å². The molecule has 0 unspecified atom stereocenters. The molecule has 0 aliphatic rings. The lowest BCUT2D eigenvalue weighted by Crippen LogP contribution is -2.20. The zero-order valence-corrected chi connectivity index (χ0v) is 16.5. The first kappa shape index (κ1) is 20.6. The minimum Gasteiger partial charge on any atom is -0.497 e. The molecule has 4 N–H and O–H groups in total. The third-order valence-corrected chi connectivity index (χ3v) is 4.31. The molecular formula is C23H22N4O3. The molecule has 0 radical (unpaired) electrons. The zero-order chi connectivity index (χ0) is 21.3. The van der Waals surface area contributed by atoms with E-state index in [9.17, 15) is 9.59 Å². The molecule has 3 aromatic rings. The normalized spacial score (nSPS) is 10.6. The summed E-state index contributed by atoms with van der Waals surface area (Å²) in [7, 11) is 1.61. The van der Waals surface area contributed by atoms with Crippen molar-refractivity contribution in [2.24, 2.45) is 0 Å². The number of nitrogens with one attached hydrogen (secondary N) is 2. The van der Waals surface area contributed by atoms with Crippen molar-refractivity contribution in [2.75, 3.05) is 18.2 Å². The Morgan fingerprint density at radius 2 is 1.80 bits per heavy atom. The molecule has 30 heavy (non-hydrogen) atoms. The second kappa shape index (κ2) is 9.88. The van der Waals surface area contributed by atoms with Crippen LogP contribution in [-0.4, -0.2) is 23.9 Å². The van der Waals surface area contributed by atoms with Crippen molar-refractivity contribution in [3.63, 3.8) is 0 Å². The maximum absolute atomic E-state index is 12.3. The fourth-order valence-electron chi connectivity index (χ4n) is 2.63. The second-order valence-corrected chi connectivity index (χ2v) is 6.41. The van der Waals surface area contributed by atoms with E-state index in [-0.39, 0.29) is 17.6 Å². The third kappa shape index (κ3) is 5.68. The molecule has 7 heteroatoms. The van der Waals surface area contributed by atoms with Crippen LogP contribution in [0, 0.1) is 0 Å². The fraction of sp³-hybridized carbons (Fsp3) is 0.0870. The number of benzene rings is 2. The van der Waals surface area contributed by atoms with Gasteiger partial charge in [0.2, 0.25) is 5.91 Å². The van der Waals surface area contributed by atoms with Gasteiger partial charge < -0.3 is 21.1 Å². The first-order valence-corrected chi connectivity index (χ1v) is 9.26. The summed E-state index contributed by atoms with van der Waals surface area (Å²) in [5.41, 5.74) is 8.45. The highest BCUT2D eigenvalue weighted by atomic mass is 16.5. The van der Waals surface area contributed by atoms with E-state index >= 15 is 0 Å². The molecule has 0 saturated heterocycles. The van der Waals surface area contributed by atoms with E-state index in [0.29, 0.717) is 17.8 Å². The van der Waals surface area contributed by atoms with E-state index in [4.69, 9.17) is 10.5 Å². The standard InChI is InChI=1S/C23H22N4O3/c1-30-19-11-6-16(7-12-19)8-13-21(28)26-15-17-4-9-18(10-5-17)23(29)27-20-3-2-14-25-22(20)24/h2-14H,15H2,1H3,(H2,24,25)(H,26,28)(H,27,29)/b13-8+. The summed E-state index contributed by atoms with van der Waals surface area (Å²) in [5.74, 6) is 0.526. The highest BCUT2D eigenvalue weighted by Gasteiger charge is 2.08. The summed E-state index contributed by atoms with van der Waals surface area (Å²) in [6, 6.07) is 17.7. The summed E-state index contributed by atoms with van der Waals surface area (Å²) in [6.07, 6.45) is 4.76. The molecule has 152 valence electrons. The average molecular weight is 402 g/mol. The SMILES string of the molecule is COc1ccc(/C=C/C(=O)NCc2ccc(C(=O)Nc3cccnc3N)cc2)cc1. The number of amides is 2. The Morgan fingerprint density at radius 1 is 1.07 bits per heavy atom. The van der Waals surface area contributed by atoms with Crippen molar-refractivity contribution in [1.29, 1.82) is 0 Å². The predicted octanol–water partition coefficient (Wildman–Crippen LogP) is 3.25. The van der Waals surface area contributed by atoms with E-state index < -0.39 is 0 Å². The van der Waals surface area contributed by atoms with E-state index in [2.05, 4.69) is 15.6 Å². The predicted molar refractivity (Wildman–Crippen MR) is 117 cm³/mol. The molecule has 0 atom stereocenters. The summed E-state index contributed by atoms with van der Waals surface area (Å²) in [6.45, 7) is 0.350. The Bertz CT molecular complexity index is 1040. The van der Waals surface area contributed by atoms with Crippen LogP contribution in [0.1, 0.15) is 21.5 Å². The largest absolute Gasteiger partial charge is 0.497 e. The van der Waals surface area contributed by atoms with Crippen LogP contribution in [0.3, 0.4) is 0 Å². The van der Waals surface area contributed by atoms with Gasteiger partial charge in [-0.2, -0.15) is 0 Å². The minimum absolute atomic E-state index is 0.209. The summed E-state index contributed by atoms with van der Waals surface area (Å²) < 4.78 is 5.10. The van der Waals surface area contributed by atoms with Crippen LogP contribution in [0.2, 0.25) is 0 Å². The van der Waals surface area contributed by atoms with Gasteiger partial charge in [-0.15, -0.1) is 0 Å². The molecule has 2 amide bonds. The molecule has 0 saturated carbocycles. The molecule has 0 aliphatic carbocycles. The van der Waals surface area contributed by atoms with Crippen molar-refractivity contribution in [1.82, 2.24) is 10.3 Å². The van der Waals surface area contributed by atoms with E-state index in [0.717, 1.165) is 16.9 Å². The summed E-state index contributed by atoms with van der Waals surface area (Å²) in [5, 5.41) is 5.53. The number of hydrogen-bond donors (Lipinski definition) is 3. The Balaban J connectivity index is 1.51. The quantitative estimate of drug-likeness (QED) is 0.526. The number of nitrogens with two attached hydrogens (primary N) is 1. The number of nitrogen functional groups attached to an aromatic ring is 1. The highest BCUT2D eigenvalue weighted by Crippen LogP contribution is 2.15. The Labute approximate surface area is 174 Å². The molecule has 7 nitrogen and oxygen atoms in total. The van der Waals surface area contributed by atoms with Gasteiger partial charge in [0.1, 0.15) is 11.6 Å². The second-order valence-electron chi connectivity index (χ2n) is 6.41. The molecule has 2 aromatic carbocycles. The number of hydrogen-bond acceptors (Lipinski definition) is 5. The monoisotopic (exact) mass is 402 g/mol. The first-order chi connectivity index (χ1) is 14.5. The highest BCUT2D eigenvalue weighted by molar-refractivity contribution is 6.05. The first-order valence-electron chi connectivity index (χ1n) is 9.26. The number of methoxy groups -OCH3 is 1. The van der Waals surface area contributed by atoms with Gasteiger partial charge in [-0.3, -0.25) is 9.59 Å². The lowest BCUT2D eigenvalue weighted by Gasteiger charge is -2.08.